The van der Waals surface area contributed by atoms with Crippen LogP contribution in [-0.2, 0) is 10.0 Å². The number of halogens is 1. The van der Waals surface area contributed by atoms with E-state index in [4.69, 9.17) is 5.11 Å². The normalized spacial score (nSPS) is 11.8. The Morgan fingerprint density at radius 1 is 1.38 bits per heavy atom. The average molecular weight is 355 g/mol. The SMILES string of the molecule is CN(C)S(=O)(=O)c1cc(C(=O)O)ccc1I. The maximum absolute atomic E-state index is 11.9. The Bertz CT molecular complexity index is 524. The summed E-state index contributed by atoms with van der Waals surface area (Å²) in [5.74, 6) is -1.15. The molecule has 0 aliphatic rings. The van der Waals surface area contributed by atoms with Crippen molar-refractivity contribution in [2.24, 2.45) is 0 Å². The van der Waals surface area contributed by atoms with Gasteiger partial charge in [0.2, 0.25) is 10.0 Å². The molecule has 0 fully saturated rings. The van der Waals surface area contributed by atoms with Gasteiger partial charge in [0.15, 0.2) is 0 Å². The van der Waals surface area contributed by atoms with Gasteiger partial charge in [-0.05, 0) is 40.8 Å². The van der Waals surface area contributed by atoms with Crippen LogP contribution in [0.3, 0.4) is 0 Å². The van der Waals surface area contributed by atoms with E-state index in [-0.39, 0.29) is 10.5 Å². The van der Waals surface area contributed by atoms with E-state index in [9.17, 15) is 13.2 Å². The Hall–Kier alpha value is -0.670. The summed E-state index contributed by atoms with van der Waals surface area (Å²) < 4.78 is 25.3. The van der Waals surface area contributed by atoms with Crippen LogP contribution in [0.2, 0.25) is 0 Å². The van der Waals surface area contributed by atoms with Gasteiger partial charge >= 0.3 is 5.97 Å². The van der Waals surface area contributed by atoms with E-state index in [1.807, 2.05) is 22.6 Å². The molecule has 5 nitrogen and oxygen atoms in total. The molecule has 0 radical (unpaired) electrons. The number of carboxylic acid groups (broad SMARTS) is 1. The molecule has 0 unspecified atom stereocenters. The van der Waals surface area contributed by atoms with Crippen molar-refractivity contribution in [3.05, 3.63) is 27.3 Å². The molecule has 1 aromatic rings. The first-order valence-corrected chi connectivity index (χ1v) is 6.74. The topological polar surface area (TPSA) is 74.7 Å². The highest BCUT2D eigenvalue weighted by Gasteiger charge is 2.21. The molecule has 1 N–H and O–H groups in total. The van der Waals surface area contributed by atoms with E-state index < -0.39 is 16.0 Å². The fourth-order valence-electron chi connectivity index (χ4n) is 1.03. The Morgan fingerprint density at radius 2 is 1.94 bits per heavy atom. The Balaban J connectivity index is 3.45. The molecule has 7 heteroatoms. The Morgan fingerprint density at radius 3 is 2.38 bits per heavy atom. The lowest BCUT2D eigenvalue weighted by Crippen LogP contribution is -2.23. The molecule has 1 rings (SSSR count). The van der Waals surface area contributed by atoms with Crippen molar-refractivity contribution >= 4 is 38.6 Å². The minimum absolute atomic E-state index is 0.0120. The molecule has 88 valence electrons. The zero-order valence-electron chi connectivity index (χ0n) is 8.64. The van der Waals surface area contributed by atoms with Crippen LogP contribution in [0.4, 0.5) is 0 Å². The molecule has 0 aliphatic carbocycles. The molecule has 0 amide bonds. The molecular formula is C9H10INO4S. The third-order valence-electron chi connectivity index (χ3n) is 1.94. The van der Waals surface area contributed by atoms with Gasteiger partial charge in [-0.15, -0.1) is 0 Å². The first kappa shape index (κ1) is 13.4. The third kappa shape index (κ3) is 2.53. The van der Waals surface area contributed by atoms with E-state index in [0.717, 1.165) is 4.31 Å². The predicted molar refractivity (Wildman–Crippen MR) is 67.0 cm³/mol. The van der Waals surface area contributed by atoms with E-state index >= 15 is 0 Å². The number of aromatic carboxylic acids is 1. The summed E-state index contributed by atoms with van der Waals surface area (Å²) in [6.07, 6.45) is 0. The molecule has 0 aromatic heterocycles. The summed E-state index contributed by atoms with van der Waals surface area (Å²) >= 11 is 1.86. The third-order valence-corrected chi connectivity index (χ3v) is 5.10. The van der Waals surface area contributed by atoms with Crippen LogP contribution in [0.5, 0.6) is 0 Å². The van der Waals surface area contributed by atoms with Crippen molar-refractivity contribution < 1.29 is 18.3 Å². The molecule has 0 spiro atoms. The van der Waals surface area contributed by atoms with Crippen LogP contribution in [0.1, 0.15) is 10.4 Å². The van der Waals surface area contributed by atoms with Gasteiger partial charge in [0.05, 0.1) is 10.5 Å². The van der Waals surface area contributed by atoms with E-state index in [0.29, 0.717) is 3.57 Å². The standard InChI is InChI=1S/C9H10INO4S/c1-11(2)16(14,15)8-5-6(9(12)13)3-4-7(8)10/h3-5H,1-2H3,(H,12,13). The number of carboxylic acids is 1. The smallest absolute Gasteiger partial charge is 0.335 e. The number of rotatable bonds is 3. The first-order valence-electron chi connectivity index (χ1n) is 4.22. The quantitative estimate of drug-likeness (QED) is 0.828. The van der Waals surface area contributed by atoms with Gasteiger partial charge in [-0.1, -0.05) is 0 Å². The van der Waals surface area contributed by atoms with Crippen LogP contribution in [0, 0.1) is 3.57 Å². The van der Waals surface area contributed by atoms with Gasteiger partial charge in [0.25, 0.3) is 0 Å². The van der Waals surface area contributed by atoms with Crippen molar-refractivity contribution in [1.29, 1.82) is 0 Å². The maximum atomic E-state index is 11.9. The highest BCUT2D eigenvalue weighted by atomic mass is 127. The molecule has 0 atom stereocenters. The summed E-state index contributed by atoms with van der Waals surface area (Å²) in [5.41, 5.74) is -0.0409. The zero-order valence-corrected chi connectivity index (χ0v) is 11.6. The summed E-state index contributed by atoms with van der Waals surface area (Å²) in [4.78, 5) is 10.8. The van der Waals surface area contributed by atoms with Crippen molar-refractivity contribution in [2.45, 2.75) is 4.90 Å². The number of hydrogen-bond donors (Lipinski definition) is 1. The molecule has 0 saturated carbocycles. The second kappa shape index (κ2) is 4.68. The summed E-state index contributed by atoms with van der Waals surface area (Å²) in [6.45, 7) is 0. The van der Waals surface area contributed by atoms with Crippen LogP contribution >= 0.6 is 22.6 Å². The lowest BCUT2D eigenvalue weighted by Gasteiger charge is -2.13. The number of sulfonamides is 1. The largest absolute Gasteiger partial charge is 0.478 e. The average Bonchev–Trinajstić information content (AvgIpc) is 2.17. The highest BCUT2D eigenvalue weighted by molar-refractivity contribution is 14.1. The molecule has 0 heterocycles. The van der Waals surface area contributed by atoms with E-state index in [1.54, 1.807) is 0 Å². The van der Waals surface area contributed by atoms with E-state index in [1.165, 1.54) is 32.3 Å². The lowest BCUT2D eigenvalue weighted by atomic mass is 10.2. The highest BCUT2D eigenvalue weighted by Crippen LogP contribution is 2.22. The fraction of sp³-hybridized carbons (Fsp3) is 0.222. The van der Waals surface area contributed by atoms with Gasteiger partial charge in [0, 0.05) is 17.7 Å². The minimum Gasteiger partial charge on any atom is -0.478 e. The predicted octanol–water partition coefficient (Wildman–Crippen LogP) is 1.24. The second-order valence-electron chi connectivity index (χ2n) is 3.24. The Kier molecular flexibility index (Phi) is 3.92. The summed E-state index contributed by atoms with van der Waals surface area (Å²) in [5, 5.41) is 8.79. The van der Waals surface area contributed by atoms with Crippen LogP contribution in [0.15, 0.2) is 23.1 Å². The van der Waals surface area contributed by atoms with Crippen molar-refractivity contribution in [1.82, 2.24) is 4.31 Å². The van der Waals surface area contributed by atoms with Gasteiger partial charge < -0.3 is 5.11 Å². The fourth-order valence-corrected chi connectivity index (χ4v) is 3.18. The van der Waals surface area contributed by atoms with Crippen molar-refractivity contribution in [3.63, 3.8) is 0 Å². The minimum atomic E-state index is -3.60. The van der Waals surface area contributed by atoms with Crippen molar-refractivity contribution in [2.75, 3.05) is 14.1 Å². The van der Waals surface area contributed by atoms with Gasteiger partial charge in [0.1, 0.15) is 0 Å². The lowest BCUT2D eigenvalue weighted by molar-refractivity contribution is 0.0696. The van der Waals surface area contributed by atoms with Gasteiger partial charge in [-0.3, -0.25) is 0 Å². The van der Waals surface area contributed by atoms with Crippen molar-refractivity contribution in [3.8, 4) is 0 Å². The number of benzene rings is 1. The van der Waals surface area contributed by atoms with Gasteiger partial charge in [-0.25, -0.2) is 17.5 Å². The molecule has 0 saturated heterocycles. The molecule has 16 heavy (non-hydrogen) atoms. The zero-order chi connectivity index (χ0) is 12.5. The van der Waals surface area contributed by atoms with Crippen LogP contribution < -0.4 is 0 Å². The second-order valence-corrected chi connectivity index (χ2v) is 6.52. The van der Waals surface area contributed by atoms with Crippen LogP contribution in [0.25, 0.3) is 0 Å². The number of carbonyl (C=O) groups is 1. The maximum Gasteiger partial charge on any atom is 0.335 e. The number of nitrogens with zero attached hydrogens (tertiary/aromatic N) is 1. The molecule has 0 aliphatic heterocycles. The van der Waals surface area contributed by atoms with Crippen LogP contribution in [-0.4, -0.2) is 37.9 Å². The molecule has 1 aromatic carbocycles. The Labute approximate surface area is 107 Å². The monoisotopic (exact) mass is 355 g/mol. The summed E-state index contributed by atoms with van der Waals surface area (Å²) in [7, 11) is -0.798. The van der Waals surface area contributed by atoms with E-state index in [2.05, 4.69) is 0 Å². The summed E-state index contributed by atoms with van der Waals surface area (Å²) in [6, 6.07) is 4.01. The van der Waals surface area contributed by atoms with Gasteiger partial charge in [-0.2, -0.15) is 0 Å². The molecule has 0 bridgehead atoms. The molecular weight excluding hydrogens is 345 g/mol. The first-order chi connectivity index (χ1) is 7.26. The number of hydrogen-bond acceptors (Lipinski definition) is 3.